The van der Waals surface area contributed by atoms with E-state index >= 15 is 0 Å². The van der Waals surface area contributed by atoms with Crippen molar-refractivity contribution in [3.63, 3.8) is 0 Å². The monoisotopic (exact) mass is 548 g/mol. The first-order valence-corrected chi connectivity index (χ1v) is 12.9. The third-order valence-electron chi connectivity index (χ3n) is 8.11. The van der Waals surface area contributed by atoms with Gasteiger partial charge in [0, 0.05) is 31.2 Å². The summed E-state index contributed by atoms with van der Waals surface area (Å²) in [5, 5.41) is 3.42. The lowest BCUT2D eigenvalue weighted by atomic mass is 9.81. The minimum absolute atomic E-state index is 0. The van der Waals surface area contributed by atoms with Gasteiger partial charge < -0.3 is 36.3 Å². The van der Waals surface area contributed by atoms with Gasteiger partial charge in [-0.3, -0.25) is 4.79 Å². The minimum Gasteiger partial charge on any atom is -1.00 e. The third-order valence-corrected chi connectivity index (χ3v) is 8.11. The zero-order valence-electron chi connectivity index (χ0n) is 20.5. The largest absolute Gasteiger partial charge is 1.00 e. The number of nitrogens with one attached hydrogen (secondary N) is 1. The fourth-order valence-electron chi connectivity index (χ4n) is 6.21. The Morgan fingerprint density at radius 1 is 0.944 bits per heavy atom. The number of ether oxygens (including phenoxy) is 2. The summed E-state index contributed by atoms with van der Waals surface area (Å²) in [4.78, 5) is 13.5. The van der Waals surface area contributed by atoms with Crippen LogP contribution in [0, 0.1) is 5.92 Å². The molecule has 7 rings (SSSR count). The van der Waals surface area contributed by atoms with Crippen molar-refractivity contribution in [2.45, 2.75) is 31.7 Å². The molecule has 6 heteroatoms. The average molecular weight is 550 g/mol. The molecule has 3 aromatic carbocycles. The molecule has 1 atom stereocenters. The number of benzene rings is 3. The molecule has 3 aromatic rings. The SMILES string of the molecule is O=C(NC1C[N+]2(CCCOc3ccccc3)CCC1CC2)c1cccc2c1Oc1ccccc1C2.[Br-]. The quantitative estimate of drug-likeness (QED) is 0.284. The summed E-state index contributed by atoms with van der Waals surface area (Å²) in [5.74, 6) is 3.06. The van der Waals surface area contributed by atoms with Gasteiger partial charge >= 0.3 is 0 Å². The lowest BCUT2D eigenvalue weighted by Gasteiger charge is -2.52. The Morgan fingerprint density at radius 2 is 1.69 bits per heavy atom. The fraction of sp³-hybridized carbons (Fsp3) is 0.367. The van der Waals surface area contributed by atoms with Crippen LogP contribution < -0.4 is 31.8 Å². The molecule has 0 spiro atoms. The molecule has 0 radical (unpaired) electrons. The summed E-state index contributed by atoms with van der Waals surface area (Å²) in [7, 11) is 0. The lowest BCUT2D eigenvalue weighted by Crippen LogP contribution is -3.00. The van der Waals surface area contributed by atoms with Crippen LogP contribution in [0.15, 0.2) is 72.8 Å². The summed E-state index contributed by atoms with van der Waals surface area (Å²) in [6.45, 7) is 5.28. The molecule has 36 heavy (non-hydrogen) atoms. The molecule has 5 nitrogen and oxygen atoms in total. The van der Waals surface area contributed by atoms with Crippen molar-refractivity contribution in [1.29, 1.82) is 0 Å². The van der Waals surface area contributed by atoms with Crippen LogP contribution in [0.3, 0.4) is 0 Å². The second-order valence-electron chi connectivity index (χ2n) is 10.3. The second kappa shape index (κ2) is 10.7. The first-order chi connectivity index (χ1) is 17.2. The highest BCUT2D eigenvalue weighted by molar-refractivity contribution is 5.98. The van der Waals surface area contributed by atoms with Crippen LogP contribution >= 0.6 is 0 Å². The Balaban J connectivity index is 0.00000267. The van der Waals surface area contributed by atoms with Gasteiger partial charge in [-0.05, 0) is 35.7 Å². The van der Waals surface area contributed by atoms with Gasteiger partial charge in [0.2, 0.25) is 0 Å². The van der Waals surface area contributed by atoms with E-state index < -0.39 is 0 Å². The number of nitrogens with zero attached hydrogens (tertiary/aromatic N) is 1. The van der Waals surface area contributed by atoms with E-state index in [0.717, 1.165) is 59.6 Å². The average Bonchev–Trinajstić information content (AvgIpc) is 2.91. The fourth-order valence-corrected chi connectivity index (χ4v) is 6.21. The van der Waals surface area contributed by atoms with E-state index in [1.807, 2.05) is 60.7 Å². The standard InChI is InChI=1S/C30H32N2O3.BrH/c33-30(26-12-6-9-24-20-23-8-4-5-13-28(23)35-29(24)26)31-27-21-32(17-14-22(27)15-18-32)16-7-19-34-25-10-2-1-3-11-25;/h1-6,8-13,22,27H,7,14-21H2;1H. The minimum atomic E-state index is -0.00876. The number of carbonyl (C=O) groups excluding carboxylic acids is 1. The highest BCUT2D eigenvalue weighted by Crippen LogP contribution is 2.39. The van der Waals surface area contributed by atoms with E-state index in [-0.39, 0.29) is 28.9 Å². The van der Waals surface area contributed by atoms with Crippen molar-refractivity contribution in [1.82, 2.24) is 5.32 Å². The topological polar surface area (TPSA) is 47.6 Å². The first kappa shape index (κ1) is 24.8. The normalized spacial score (nSPS) is 23.4. The molecular formula is C30H33BrN2O3. The Labute approximate surface area is 223 Å². The molecule has 188 valence electrons. The number of quaternary nitrogens is 1. The summed E-state index contributed by atoms with van der Waals surface area (Å²) in [6.07, 6.45) is 4.19. The van der Waals surface area contributed by atoms with Gasteiger partial charge in [-0.1, -0.05) is 48.5 Å². The van der Waals surface area contributed by atoms with Crippen LogP contribution in [0.25, 0.3) is 0 Å². The molecule has 0 aromatic heterocycles. The molecule has 1 N–H and O–H groups in total. The van der Waals surface area contributed by atoms with Gasteiger partial charge in [0.25, 0.3) is 5.91 Å². The number of hydrogen-bond donors (Lipinski definition) is 1. The van der Waals surface area contributed by atoms with E-state index in [9.17, 15) is 4.79 Å². The van der Waals surface area contributed by atoms with Crippen LogP contribution in [0.5, 0.6) is 17.2 Å². The van der Waals surface area contributed by atoms with Crippen LogP contribution in [-0.4, -0.2) is 49.2 Å². The number of hydrogen-bond acceptors (Lipinski definition) is 3. The predicted molar refractivity (Wildman–Crippen MR) is 136 cm³/mol. The Kier molecular flexibility index (Phi) is 7.35. The van der Waals surface area contributed by atoms with Gasteiger partial charge in [-0.25, -0.2) is 0 Å². The molecule has 4 aliphatic heterocycles. The van der Waals surface area contributed by atoms with Crippen molar-refractivity contribution in [2.24, 2.45) is 5.92 Å². The zero-order chi connectivity index (χ0) is 23.7. The molecule has 1 unspecified atom stereocenters. The summed E-state index contributed by atoms with van der Waals surface area (Å²) in [6, 6.07) is 24.3. The van der Waals surface area contributed by atoms with E-state index in [0.29, 0.717) is 17.2 Å². The number of fused-ring (bicyclic) bond motifs is 5. The number of piperidine rings is 3. The van der Waals surface area contributed by atoms with Gasteiger partial charge in [0.15, 0.2) is 0 Å². The summed E-state index contributed by atoms with van der Waals surface area (Å²) < 4.78 is 13.3. The molecule has 0 aliphatic carbocycles. The molecule has 3 saturated heterocycles. The highest BCUT2D eigenvalue weighted by Gasteiger charge is 2.46. The zero-order valence-corrected chi connectivity index (χ0v) is 22.1. The predicted octanol–water partition coefficient (Wildman–Crippen LogP) is 2.19. The van der Waals surface area contributed by atoms with Gasteiger partial charge in [0.1, 0.15) is 17.2 Å². The van der Waals surface area contributed by atoms with E-state index in [1.54, 1.807) is 0 Å². The van der Waals surface area contributed by atoms with Crippen LogP contribution in [-0.2, 0) is 6.42 Å². The summed E-state index contributed by atoms with van der Waals surface area (Å²) in [5.41, 5.74) is 2.89. The van der Waals surface area contributed by atoms with E-state index in [4.69, 9.17) is 9.47 Å². The number of carbonyl (C=O) groups is 1. The third kappa shape index (κ3) is 5.02. The maximum absolute atomic E-state index is 13.5. The second-order valence-corrected chi connectivity index (χ2v) is 10.3. The lowest BCUT2D eigenvalue weighted by molar-refractivity contribution is -0.944. The number of rotatable bonds is 7. The summed E-state index contributed by atoms with van der Waals surface area (Å²) >= 11 is 0. The van der Waals surface area contributed by atoms with Crippen LogP contribution in [0.1, 0.15) is 40.7 Å². The van der Waals surface area contributed by atoms with Crippen molar-refractivity contribution in [3.05, 3.63) is 89.5 Å². The van der Waals surface area contributed by atoms with Crippen molar-refractivity contribution in [2.75, 3.05) is 32.8 Å². The molecular weight excluding hydrogens is 516 g/mol. The van der Waals surface area contributed by atoms with E-state index in [1.165, 1.54) is 25.9 Å². The van der Waals surface area contributed by atoms with Gasteiger partial charge in [-0.15, -0.1) is 0 Å². The highest BCUT2D eigenvalue weighted by atomic mass is 79.9. The van der Waals surface area contributed by atoms with Crippen molar-refractivity contribution < 1.29 is 35.7 Å². The number of amides is 1. The molecule has 1 amide bonds. The van der Waals surface area contributed by atoms with Crippen molar-refractivity contribution in [3.8, 4) is 17.2 Å². The van der Waals surface area contributed by atoms with E-state index in [2.05, 4.69) is 17.4 Å². The smallest absolute Gasteiger partial charge is 0.255 e. The molecule has 4 heterocycles. The van der Waals surface area contributed by atoms with Crippen molar-refractivity contribution >= 4 is 5.91 Å². The molecule has 0 saturated carbocycles. The van der Waals surface area contributed by atoms with Crippen LogP contribution in [0.4, 0.5) is 0 Å². The Hall–Kier alpha value is -2.83. The van der Waals surface area contributed by atoms with Gasteiger partial charge in [-0.2, -0.15) is 0 Å². The Bertz CT molecular complexity index is 1210. The number of halogens is 1. The van der Waals surface area contributed by atoms with Gasteiger partial charge in [0.05, 0.1) is 44.4 Å². The maximum atomic E-state index is 13.5. The maximum Gasteiger partial charge on any atom is 0.255 e. The number of para-hydroxylation sites is 3. The van der Waals surface area contributed by atoms with Crippen LogP contribution in [0.2, 0.25) is 0 Å². The Morgan fingerprint density at radius 3 is 2.53 bits per heavy atom. The first-order valence-electron chi connectivity index (χ1n) is 12.9. The molecule has 3 fully saturated rings. The molecule has 2 bridgehead atoms. The molecule has 4 aliphatic rings.